The van der Waals surface area contributed by atoms with Crippen LogP contribution in [-0.2, 0) is 6.54 Å². The standard InChI is InChI=1S/C16H25NO2S/c1-3-19-15-10-13(6-7-14(15)18)11-17-12-16(20-2)8-4-5-9-16/h6-7,10,17-18H,3-5,8-9,11-12H2,1-2H3. The molecule has 0 aromatic heterocycles. The fourth-order valence-corrected chi connectivity index (χ4v) is 3.79. The number of phenolic OH excluding ortho intramolecular Hbond substituents is 1. The molecule has 0 amide bonds. The second-order valence-corrected chi connectivity index (χ2v) is 6.71. The number of rotatable bonds is 7. The van der Waals surface area contributed by atoms with Crippen LogP contribution in [0.25, 0.3) is 0 Å². The molecule has 0 saturated heterocycles. The van der Waals surface area contributed by atoms with Crippen LogP contribution in [0.2, 0.25) is 0 Å². The summed E-state index contributed by atoms with van der Waals surface area (Å²) in [4.78, 5) is 0. The maximum absolute atomic E-state index is 9.69. The molecule has 112 valence electrons. The van der Waals surface area contributed by atoms with Gasteiger partial charge in [0, 0.05) is 17.8 Å². The summed E-state index contributed by atoms with van der Waals surface area (Å²) in [6, 6.07) is 5.58. The van der Waals surface area contributed by atoms with Gasteiger partial charge in [0.25, 0.3) is 0 Å². The lowest BCUT2D eigenvalue weighted by Gasteiger charge is -2.27. The molecule has 1 fully saturated rings. The lowest BCUT2D eigenvalue weighted by molar-refractivity contribution is 0.317. The summed E-state index contributed by atoms with van der Waals surface area (Å²) < 4.78 is 5.85. The molecule has 1 saturated carbocycles. The number of thioether (sulfide) groups is 1. The number of nitrogens with one attached hydrogen (secondary N) is 1. The zero-order valence-corrected chi connectivity index (χ0v) is 13.3. The fraction of sp³-hybridized carbons (Fsp3) is 0.625. The van der Waals surface area contributed by atoms with E-state index in [2.05, 4.69) is 11.6 Å². The van der Waals surface area contributed by atoms with E-state index in [1.807, 2.05) is 30.8 Å². The minimum absolute atomic E-state index is 0.215. The van der Waals surface area contributed by atoms with Gasteiger partial charge in [-0.2, -0.15) is 11.8 Å². The van der Waals surface area contributed by atoms with E-state index in [-0.39, 0.29) is 5.75 Å². The number of hydrogen-bond donors (Lipinski definition) is 2. The van der Waals surface area contributed by atoms with Gasteiger partial charge in [-0.15, -0.1) is 0 Å². The molecular formula is C16H25NO2S. The summed E-state index contributed by atoms with van der Waals surface area (Å²) >= 11 is 2.00. The van der Waals surface area contributed by atoms with Crippen LogP contribution < -0.4 is 10.1 Å². The Morgan fingerprint density at radius 1 is 1.35 bits per heavy atom. The zero-order chi connectivity index (χ0) is 14.4. The van der Waals surface area contributed by atoms with E-state index in [4.69, 9.17) is 4.74 Å². The van der Waals surface area contributed by atoms with Crippen LogP contribution in [0.4, 0.5) is 0 Å². The molecule has 0 heterocycles. The predicted octanol–water partition coefficient (Wildman–Crippen LogP) is 3.56. The van der Waals surface area contributed by atoms with Gasteiger partial charge >= 0.3 is 0 Å². The average molecular weight is 295 g/mol. The largest absolute Gasteiger partial charge is 0.504 e. The molecule has 3 nitrogen and oxygen atoms in total. The highest BCUT2D eigenvalue weighted by molar-refractivity contribution is 8.00. The molecule has 1 aromatic rings. The summed E-state index contributed by atoms with van der Waals surface area (Å²) in [7, 11) is 0. The maximum atomic E-state index is 9.69. The molecule has 0 atom stereocenters. The Morgan fingerprint density at radius 3 is 2.75 bits per heavy atom. The van der Waals surface area contributed by atoms with E-state index < -0.39 is 0 Å². The van der Waals surface area contributed by atoms with Gasteiger partial charge in [0.05, 0.1) is 6.61 Å². The third-order valence-corrected chi connectivity index (χ3v) is 5.47. The third kappa shape index (κ3) is 3.83. The van der Waals surface area contributed by atoms with Gasteiger partial charge in [0.1, 0.15) is 0 Å². The van der Waals surface area contributed by atoms with Gasteiger partial charge in [-0.25, -0.2) is 0 Å². The molecule has 2 N–H and O–H groups in total. The Kier molecular flexibility index (Phi) is 5.61. The molecule has 1 aromatic carbocycles. The van der Waals surface area contributed by atoms with Crippen molar-refractivity contribution in [2.45, 2.75) is 43.9 Å². The molecule has 0 spiro atoms. The minimum Gasteiger partial charge on any atom is -0.504 e. The first-order valence-electron chi connectivity index (χ1n) is 7.40. The van der Waals surface area contributed by atoms with Gasteiger partial charge in [-0.1, -0.05) is 18.9 Å². The lowest BCUT2D eigenvalue weighted by Crippen LogP contribution is -2.34. The number of aromatic hydroxyl groups is 1. The fourth-order valence-electron chi connectivity index (χ4n) is 2.85. The van der Waals surface area contributed by atoms with Crippen LogP contribution in [0.5, 0.6) is 11.5 Å². The lowest BCUT2D eigenvalue weighted by atomic mass is 10.1. The first-order valence-corrected chi connectivity index (χ1v) is 8.62. The van der Waals surface area contributed by atoms with Crippen LogP contribution >= 0.6 is 11.8 Å². The predicted molar refractivity (Wildman–Crippen MR) is 85.7 cm³/mol. The molecule has 0 unspecified atom stereocenters. The van der Waals surface area contributed by atoms with E-state index in [9.17, 15) is 5.11 Å². The second-order valence-electron chi connectivity index (χ2n) is 5.43. The van der Waals surface area contributed by atoms with Crippen LogP contribution in [-0.4, -0.2) is 29.3 Å². The highest BCUT2D eigenvalue weighted by Crippen LogP contribution is 2.39. The minimum atomic E-state index is 0.215. The highest BCUT2D eigenvalue weighted by Gasteiger charge is 2.32. The average Bonchev–Trinajstić information content (AvgIpc) is 2.92. The van der Waals surface area contributed by atoms with E-state index in [1.165, 1.54) is 25.7 Å². The topological polar surface area (TPSA) is 41.5 Å². The van der Waals surface area contributed by atoms with E-state index in [0.717, 1.165) is 18.7 Å². The molecule has 20 heavy (non-hydrogen) atoms. The normalized spacial score (nSPS) is 17.3. The third-order valence-electron chi connectivity index (χ3n) is 4.05. The van der Waals surface area contributed by atoms with Gasteiger partial charge < -0.3 is 15.2 Å². The Morgan fingerprint density at radius 2 is 2.10 bits per heavy atom. The number of hydrogen-bond acceptors (Lipinski definition) is 4. The molecule has 1 aliphatic rings. The summed E-state index contributed by atoms with van der Waals surface area (Å²) in [6.45, 7) is 4.37. The van der Waals surface area contributed by atoms with Crippen molar-refractivity contribution in [3.05, 3.63) is 23.8 Å². The number of ether oxygens (including phenoxy) is 1. The van der Waals surface area contributed by atoms with Gasteiger partial charge in [-0.3, -0.25) is 0 Å². The van der Waals surface area contributed by atoms with E-state index in [0.29, 0.717) is 17.1 Å². The van der Waals surface area contributed by atoms with Crippen molar-refractivity contribution >= 4 is 11.8 Å². The van der Waals surface area contributed by atoms with Crippen molar-refractivity contribution in [1.29, 1.82) is 0 Å². The Hall–Kier alpha value is -0.870. The van der Waals surface area contributed by atoms with Crippen molar-refractivity contribution in [3.8, 4) is 11.5 Å². The van der Waals surface area contributed by atoms with Crippen molar-refractivity contribution in [2.75, 3.05) is 19.4 Å². The van der Waals surface area contributed by atoms with Gasteiger partial charge in [-0.05, 0) is 43.7 Å². The summed E-state index contributed by atoms with van der Waals surface area (Å²) in [5.74, 6) is 0.791. The van der Waals surface area contributed by atoms with E-state index in [1.54, 1.807) is 6.07 Å². The molecule has 1 aliphatic carbocycles. The zero-order valence-electron chi connectivity index (χ0n) is 12.4. The van der Waals surface area contributed by atoms with Crippen LogP contribution in [0.1, 0.15) is 38.2 Å². The Bertz CT molecular complexity index is 430. The molecule has 4 heteroatoms. The van der Waals surface area contributed by atoms with E-state index >= 15 is 0 Å². The van der Waals surface area contributed by atoms with Crippen molar-refractivity contribution in [1.82, 2.24) is 5.32 Å². The Balaban J connectivity index is 1.89. The molecule has 0 radical (unpaired) electrons. The smallest absolute Gasteiger partial charge is 0.161 e. The summed E-state index contributed by atoms with van der Waals surface area (Å²) in [6.07, 6.45) is 7.58. The molecule has 0 aliphatic heterocycles. The van der Waals surface area contributed by atoms with Crippen molar-refractivity contribution in [3.63, 3.8) is 0 Å². The first-order chi connectivity index (χ1) is 9.69. The SMILES string of the molecule is CCOc1cc(CNCC2(SC)CCCC2)ccc1O. The van der Waals surface area contributed by atoms with Gasteiger partial charge in [0.15, 0.2) is 11.5 Å². The summed E-state index contributed by atoms with van der Waals surface area (Å²) in [5, 5.41) is 13.3. The first kappa shape index (κ1) is 15.5. The van der Waals surface area contributed by atoms with Gasteiger partial charge in [0.2, 0.25) is 0 Å². The maximum Gasteiger partial charge on any atom is 0.161 e. The number of phenols is 1. The van der Waals surface area contributed by atoms with Crippen LogP contribution in [0, 0.1) is 0 Å². The van der Waals surface area contributed by atoms with Crippen LogP contribution in [0.15, 0.2) is 18.2 Å². The highest BCUT2D eigenvalue weighted by atomic mass is 32.2. The van der Waals surface area contributed by atoms with Crippen molar-refractivity contribution < 1.29 is 9.84 Å². The number of benzene rings is 1. The van der Waals surface area contributed by atoms with Crippen LogP contribution in [0.3, 0.4) is 0 Å². The molecule has 2 rings (SSSR count). The Labute approximate surface area is 126 Å². The molecule has 0 bridgehead atoms. The monoisotopic (exact) mass is 295 g/mol. The molecular weight excluding hydrogens is 270 g/mol. The quantitative estimate of drug-likeness (QED) is 0.807. The van der Waals surface area contributed by atoms with Crippen molar-refractivity contribution in [2.24, 2.45) is 0 Å². The second kappa shape index (κ2) is 7.23. The summed E-state index contributed by atoms with van der Waals surface area (Å²) in [5.41, 5.74) is 1.15.